The Morgan fingerprint density at radius 1 is 1.12 bits per heavy atom. The zero-order valence-electron chi connectivity index (χ0n) is 18.4. The Morgan fingerprint density at radius 2 is 1.85 bits per heavy atom. The number of halogens is 3. The molecule has 0 aliphatic carbocycles. The number of carbonyl (C=O) groups is 2. The fourth-order valence-corrected chi connectivity index (χ4v) is 3.07. The van der Waals surface area contributed by atoms with Gasteiger partial charge in [0.2, 0.25) is 0 Å². The summed E-state index contributed by atoms with van der Waals surface area (Å²) in [5.41, 5.74) is 0.449. The number of aliphatic carboxylic acids is 1. The van der Waals surface area contributed by atoms with Crippen molar-refractivity contribution in [2.75, 3.05) is 19.0 Å². The summed E-state index contributed by atoms with van der Waals surface area (Å²) in [6.07, 6.45) is -6.31. The van der Waals surface area contributed by atoms with E-state index in [2.05, 4.69) is 5.32 Å². The number of carboxylic acids is 1. The number of ether oxygens (including phenoxy) is 3. The van der Waals surface area contributed by atoms with Crippen LogP contribution in [0.25, 0.3) is 0 Å². The van der Waals surface area contributed by atoms with Crippen molar-refractivity contribution < 1.29 is 42.1 Å². The van der Waals surface area contributed by atoms with Gasteiger partial charge in [-0.25, -0.2) is 9.59 Å². The van der Waals surface area contributed by atoms with E-state index in [0.29, 0.717) is 16.9 Å². The van der Waals surface area contributed by atoms with Crippen molar-refractivity contribution in [1.29, 1.82) is 0 Å². The second-order valence-electron chi connectivity index (χ2n) is 7.45. The third-order valence-corrected chi connectivity index (χ3v) is 4.52. The molecule has 2 rings (SSSR count). The molecule has 10 heteroatoms. The van der Waals surface area contributed by atoms with Gasteiger partial charge in [-0.3, -0.25) is 5.32 Å². The van der Waals surface area contributed by atoms with Crippen molar-refractivity contribution >= 4 is 17.7 Å². The van der Waals surface area contributed by atoms with Crippen LogP contribution in [0.2, 0.25) is 0 Å². The summed E-state index contributed by atoms with van der Waals surface area (Å²) in [6.45, 7) is 3.42. The molecule has 2 N–H and O–H groups in total. The molecule has 0 fully saturated rings. The Bertz CT molecular complexity index is 961. The normalized spacial score (nSPS) is 12.3. The van der Waals surface area contributed by atoms with Gasteiger partial charge in [-0.15, -0.1) is 0 Å². The summed E-state index contributed by atoms with van der Waals surface area (Å²) in [5, 5.41) is 11.6. The van der Waals surface area contributed by atoms with Gasteiger partial charge in [-0.05, 0) is 49.2 Å². The van der Waals surface area contributed by atoms with Crippen LogP contribution in [0.15, 0.2) is 42.5 Å². The molecule has 33 heavy (non-hydrogen) atoms. The number of rotatable bonds is 10. The molecule has 0 radical (unpaired) electrons. The molecule has 0 aromatic heterocycles. The fraction of sp³-hybridized carbons (Fsp3) is 0.391. The molecular formula is C23H26F3NO6. The average molecular weight is 469 g/mol. The SMILES string of the molecule is COc1ccc(CC(OC(C)C)C(=O)O)cc1CCOC(=O)Nc1cccc(C(F)(F)F)c1. The molecule has 7 nitrogen and oxygen atoms in total. The number of hydrogen-bond donors (Lipinski definition) is 2. The fourth-order valence-electron chi connectivity index (χ4n) is 3.07. The maximum Gasteiger partial charge on any atom is 0.416 e. The minimum atomic E-state index is -4.52. The van der Waals surface area contributed by atoms with E-state index in [-0.39, 0.29) is 31.2 Å². The van der Waals surface area contributed by atoms with Crippen molar-refractivity contribution in [3.63, 3.8) is 0 Å². The van der Waals surface area contributed by atoms with Gasteiger partial charge < -0.3 is 19.3 Å². The standard InChI is InChI=1S/C23H26F3NO6/c1-14(2)33-20(21(28)29)12-15-7-8-19(31-3)16(11-15)9-10-32-22(30)27-18-6-4-5-17(13-18)23(24,25)26/h4-8,11,13-14,20H,9-10,12H2,1-3H3,(H,27,30)(H,28,29). The topological polar surface area (TPSA) is 94.1 Å². The average Bonchev–Trinajstić information content (AvgIpc) is 2.72. The van der Waals surface area contributed by atoms with E-state index in [9.17, 15) is 27.9 Å². The van der Waals surface area contributed by atoms with Gasteiger partial charge in [0, 0.05) is 18.5 Å². The largest absolute Gasteiger partial charge is 0.496 e. The Balaban J connectivity index is 1.99. The van der Waals surface area contributed by atoms with E-state index in [1.165, 1.54) is 19.2 Å². The molecule has 0 aliphatic heterocycles. The molecule has 1 unspecified atom stereocenters. The number of anilines is 1. The van der Waals surface area contributed by atoms with E-state index in [1.807, 2.05) is 0 Å². The lowest BCUT2D eigenvalue weighted by Gasteiger charge is -2.17. The summed E-state index contributed by atoms with van der Waals surface area (Å²) in [4.78, 5) is 23.4. The Labute approximate surface area is 189 Å². The molecular weight excluding hydrogens is 443 g/mol. The third kappa shape index (κ3) is 8.30. The van der Waals surface area contributed by atoms with Crippen LogP contribution in [0.4, 0.5) is 23.7 Å². The Morgan fingerprint density at radius 3 is 2.45 bits per heavy atom. The molecule has 0 saturated carbocycles. The second-order valence-corrected chi connectivity index (χ2v) is 7.45. The highest BCUT2D eigenvalue weighted by atomic mass is 19.4. The maximum absolute atomic E-state index is 12.8. The number of carbonyl (C=O) groups excluding carboxylic acids is 1. The van der Waals surface area contributed by atoms with Crippen LogP contribution in [-0.4, -0.2) is 43.1 Å². The van der Waals surface area contributed by atoms with E-state index in [1.54, 1.807) is 32.0 Å². The third-order valence-electron chi connectivity index (χ3n) is 4.52. The highest BCUT2D eigenvalue weighted by Gasteiger charge is 2.30. The smallest absolute Gasteiger partial charge is 0.416 e. The van der Waals surface area contributed by atoms with Gasteiger partial charge >= 0.3 is 18.2 Å². The van der Waals surface area contributed by atoms with Crippen LogP contribution < -0.4 is 10.1 Å². The second kappa shape index (κ2) is 11.6. The van der Waals surface area contributed by atoms with Gasteiger partial charge in [-0.1, -0.05) is 18.2 Å². The van der Waals surface area contributed by atoms with Crippen molar-refractivity contribution in [2.24, 2.45) is 0 Å². The first-order valence-electron chi connectivity index (χ1n) is 10.1. The van der Waals surface area contributed by atoms with Crippen LogP contribution in [-0.2, 0) is 33.3 Å². The van der Waals surface area contributed by atoms with Crippen molar-refractivity contribution in [1.82, 2.24) is 0 Å². The van der Waals surface area contributed by atoms with E-state index >= 15 is 0 Å². The van der Waals surface area contributed by atoms with Crippen LogP contribution >= 0.6 is 0 Å². The highest BCUT2D eigenvalue weighted by Crippen LogP contribution is 2.30. The number of methoxy groups -OCH3 is 1. The molecule has 180 valence electrons. The lowest BCUT2D eigenvalue weighted by molar-refractivity contribution is -0.153. The molecule has 0 bridgehead atoms. The molecule has 0 spiro atoms. The molecule has 1 atom stereocenters. The van der Waals surface area contributed by atoms with Gasteiger partial charge in [0.1, 0.15) is 5.75 Å². The van der Waals surface area contributed by atoms with Crippen molar-refractivity contribution in [3.8, 4) is 5.75 Å². The van der Waals surface area contributed by atoms with Crippen molar-refractivity contribution in [3.05, 3.63) is 59.2 Å². The summed E-state index contributed by atoms with van der Waals surface area (Å²) >= 11 is 0. The number of nitrogens with one attached hydrogen (secondary N) is 1. The summed E-state index contributed by atoms with van der Waals surface area (Å²) in [7, 11) is 1.47. The van der Waals surface area contributed by atoms with Crippen LogP contribution in [0, 0.1) is 0 Å². The van der Waals surface area contributed by atoms with E-state index in [0.717, 1.165) is 12.1 Å². The number of hydrogen-bond acceptors (Lipinski definition) is 5. The van der Waals surface area contributed by atoms with Gasteiger partial charge in [0.05, 0.1) is 25.4 Å². The van der Waals surface area contributed by atoms with Crippen LogP contribution in [0.5, 0.6) is 5.75 Å². The Hall–Kier alpha value is -3.27. The van der Waals surface area contributed by atoms with Crippen molar-refractivity contribution in [2.45, 2.75) is 45.1 Å². The van der Waals surface area contributed by atoms with E-state index in [4.69, 9.17) is 14.2 Å². The first-order valence-corrected chi connectivity index (χ1v) is 10.1. The molecule has 2 aromatic rings. The van der Waals surface area contributed by atoms with Gasteiger partial charge in [-0.2, -0.15) is 13.2 Å². The minimum Gasteiger partial charge on any atom is -0.496 e. The first kappa shape index (κ1) is 26.0. The summed E-state index contributed by atoms with van der Waals surface area (Å²) in [6, 6.07) is 9.36. The van der Waals surface area contributed by atoms with Gasteiger partial charge in [0.25, 0.3) is 0 Å². The molecule has 0 aliphatic rings. The lowest BCUT2D eigenvalue weighted by atomic mass is 10.0. The van der Waals surface area contributed by atoms with Crippen LogP contribution in [0.3, 0.4) is 0 Å². The number of carboxylic acid groups (broad SMARTS) is 1. The highest BCUT2D eigenvalue weighted by molar-refractivity contribution is 5.84. The summed E-state index contributed by atoms with van der Waals surface area (Å²) in [5.74, 6) is -0.548. The number of amides is 1. The van der Waals surface area contributed by atoms with Crippen LogP contribution in [0.1, 0.15) is 30.5 Å². The molecule has 1 amide bonds. The zero-order valence-corrected chi connectivity index (χ0v) is 18.4. The zero-order chi connectivity index (χ0) is 24.6. The predicted molar refractivity (Wildman–Crippen MR) is 114 cm³/mol. The first-order chi connectivity index (χ1) is 15.5. The number of alkyl halides is 3. The molecule has 2 aromatic carbocycles. The minimum absolute atomic E-state index is 0.0423. The Kier molecular flexibility index (Phi) is 9.10. The van der Waals surface area contributed by atoms with E-state index < -0.39 is 29.9 Å². The monoisotopic (exact) mass is 469 g/mol. The maximum atomic E-state index is 12.8. The summed E-state index contributed by atoms with van der Waals surface area (Å²) < 4.78 is 54.2. The van der Waals surface area contributed by atoms with Gasteiger partial charge in [0.15, 0.2) is 6.10 Å². The molecule has 0 heterocycles. The molecule has 0 saturated heterocycles. The quantitative estimate of drug-likeness (QED) is 0.513. The number of benzene rings is 2. The lowest BCUT2D eigenvalue weighted by Crippen LogP contribution is -2.29. The predicted octanol–water partition coefficient (Wildman–Crippen LogP) is 4.93.